The lowest BCUT2D eigenvalue weighted by Crippen LogP contribution is -2.61. The van der Waals surface area contributed by atoms with Crippen LogP contribution in [0.2, 0.25) is 0 Å². The van der Waals surface area contributed by atoms with Gasteiger partial charge in [0.1, 0.15) is 55.4 Å². The van der Waals surface area contributed by atoms with E-state index in [2.05, 4.69) is 38.2 Å². The molecular formula is C54H98O15. The summed E-state index contributed by atoms with van der Waals surface area (Å²) in [6, 6.07) is 0. The summed E-state index contributed by atoms with van der Waals surface area (Å²) in [5, 5.41) is 72.1. The first-order valence-electron chi connectivity index (χ1n) is 27.4. The predicted octanol–water partition coefficient (Wildman–Crippen LogP) is 8.33. The van der Waals surface area contributed by atoms with Crippen LogP contribution in [0.5, 0.6) is 0 Å². The molecule has 2 fully saturated rings. The van der Waals surface area contributed by atoms with Crippen molar-refractivity contribution in [3.8, 4) is 0 Å². The van der Waals surface area contributed by atoms with Crippen molar-refractivity contribution in [2.75, 3.05) is 26.4 Å². The predicted molar refractivity (Wildman–Crippen MR) is 266 cm³/mol. The fraction of sp³-hybridized carbons (Fsp3) is 0.889. The second-order valence-corrected chi connectivity index (χ2v) is 19.4. The standard InChI is InChI=1S/C54H98O15/c1-3-5-7-9-11-13-15-17-18-19-20-21-22-23-24-25-27-29-31-33-35-37-46(57)67-42(39-64-45(56)36-34-32-30-28-26-16-14-12-10-8-6-4-2)40-65-53-52(63)50(61)48(59)44(69-53)41-66-54-51(62)49(60)47(58)43(38-55)68-54/h12,14,19-20,42-44,47-55,58-63H,3-11,13,15-18,21-41H2,1-2H3/b14-12-,20-19-. The van der Waals surface area contributed by atoms with Crippen LogP contribution in [0.15, 0.2) is 24.3 Å². The van der Waals surface area contributed by atoms with Gasteiger partial charge in [-0.25, -0.2) is 0 Å². The van der Waals surface area contributed by atoms with Crippen molar-refractivity contribution in [3.63, 3.8) is 0 Å². The second-order valence-electron chi connectivity index (χ2n) is 19.4. The summed E-state index contributed by atoms with van der Waals surface area (Å²) < 4.78 is 33.6. The third kappa shape index (κ3) is 29.3. The summed E-state index contributed by atoms with van der Waals surface area (Å²) >= 11 is 0. The first-order chi connectivity index (χ1) is 33.5. The number of hydrogen-bond acceptors (Lipinski definition) is 15. The Morgan fingerprint density at radius 3 is 1.30 bits per heavy atom. The number of rotatable bonds is 43. The topological polar surface area (TPSA) is 231 Å². The van der Waals surface area contributed by atoms with Crippen LogP contribution in [0.4, 0.5) is 0 Å². The van der Waals surface area contributed by atoms with Crippen molar-refractivity contribution >= 4 is 11.9 Å². The molecule has 15 heteroatoms. The second kappa shape index (κ2) is 41.5. The van der Waals surface area contributed by atoms with Gasteiger partial charge in [-0.2, -0.15) is 0 Å². The van der Waals surface area contributed by atoms with Crippen LogP contribution in [0.25, 0.3) is 0 Å². The third-order valence-electron chi connectivity index (χ3n) is 13.2. The molecule has 2 aliphatic heterocycles. The Morgan fingerprint density at radius 2 is 0.826 bits per heavy atom. The Labute approximate surface area is 415 Å². The zero-order valence-corrected chi connectivity index (χ0v) is 42.8. The fourth-order valence-electron chi connectivity index (χ4n) is 8.62. The minimum absolute atomic E-state index is 0.163. The maximum atomic E-state index is 13.0. The lowest BCUT2D eigenvalue weighted by atomic mass is 9.98. The van der Waals surface area contributed by atoms with Crippen LogP contribution in [0, 0.1) is 0 Å². The van der Waals surface area contributed by atoms with Crippen LogP contribution in [0.3, 0.4) is 0 Å². The van der Waals surface area contributed by atoms with Crippen molar-refractivity contribution in [1.29, 1.82) is 0 Å². The van der Waals surface area contributed by atoms with Crippen molar-refractivity contribution in [2.45, 2.75) is 280 Å². The summed E-state index contributed by atoms with van der Waals surface area (Å²) in [4.78, 5) is 25.8. The van der Waals surface area contributed by atoms with E-state index in [4.69, 9.17) is 28.4 Å². The number of hydrogen-bond donors (Lipinski definition) is 7. The summed E-state index contributed by atoms with van der Waals surface area (Å²) in [5.74, 6) is -0.932. The van der Waals surface area contributed by atoms with E-state index in [-0.39, 0.29) is 26.1 Å². The molecule has 11 atom stereocenters. The average Bonchev–Trinajstić information content (AvgIpc) is 3.34. The minimum atomic E-state index is -1.76. The molecule has 0 aromatic heterocycles. The van der Waals surface area contributed by atoms with Crippen LogP contribution in [0.1, 0.15) is 213 Å². The third-order valence-corrected chi connectivity index (χ3v) is 13.2. The van der Waals surface area contributed by atoms with Crippen LogP contribution in [-0.4, -0.2) is 142 Å². The van der Waals surface area contributed by atoms with Crippen molar-refractivity contribution in [2.24, 2.45) is 0 Å². The molecule has 11 unspecified atom stereocenters. The molecule has 2 aliphatic rings. The highest BCUT2D eigenvalue weighted by Gasteiger charge is 2.47. The zero-order chi connectivity index (χ0) is 50.3. The number of aliphatic hydroxyl groups is 7. The van der Waals surface area contributed by atoms with Crippen LogP contribution < -0.4 is 0 Å². The fourth-order valence-corrected chi connectivity index (χ4v) is 8.62. The number of aliphatic hydroxyl groups excluding tert-OH is 7. The maximum absolute atomic E-state index is 13.0. The molecule has 15 nitrogen and oxygen atoms in total. The minimum Gasteiger partial charge on any atom is -0.462 e. The number of ether oxygens (including phenoxy) is 6. The van der Waals surface area contributed by atoms with Gasteiger partial charge in [-0.05, 0) is 64.2 Å². The smallest absolute Gasteiger partial charge is 0.306 e. The Morgan fingerprint density at radius 1 is 0.449 bits per heavy atom. The molecule has 2 rings (SSSR count). The van der Waals surface area contributed by atoms with Crippen LogP contribution in [-0.2, 0) is 38.0 Å². The van der Waals surface area contributed by atoms with E-state index in [0.717, 1.165) is 64.2 Å². The molecule has 404 valence electrons. The van der Waals surface area contributed by atoms with Gasteiger partial charge in [-0.15, -0.1) is 0 Å². The Kier molecular flexibility index (Phi) is 37.9. The molecule has 0 aromatic rings. The molecule has 0 bridgehead atoms. The molecule has 7 N–H and O–H groups in total. The molecule has 2 heterocycles. The lowest BCUT2D eigenvalue weighted by Gasteiger charge is -2.42. The molecular weight excluding hydrogens is 889 g/mol. The van der Waals surface area contributed by atoms with E-state index in [0.29, 0.717) is 12.8 Å². The summed E-state index contributed by atoms with van der Waals surface area (Å²) in [6.07, 6.45) is 26.4. The van der Waals surface area contributed by atoms with Gasteiger partial charge >= 0.3 is 11.9 Å². The van der Waals surface area contributed by atoms with E-state index in [1.54, 1.807) is 0 Å². The summed E-state index contributed by atoms with van der Waals surface area (Å²) in [5.41, 5.74) is 0. The van der Waals surface area contributed by atoms with E-state index in [9.17, 15) is 45.3 Å². The summed E-state index contributed by atoms with van der Waals surface area (Å²) in [7, 11) is 0. The largest absolute Gasteiger partial charge is 0.462 e. The van der Waals surface area contributed by atoms with E-state index >= 15 is 0 Å². The molecule has 0 radical (unpaired) electrons. The van der Waals surface area contributed by atoms with Gasteiger partial charge in [0.15, 0.2) is 18.7 Å². The van der Waals surface area contributed by atoms with E-state index in [1.807, 2.05) is 0 Å². The molecule has 0 amide bonds. The monoisotopic (exact) mass is 987 g/mol. The Hall–Kier alpha value is -2.02. The lowest BCUT2D eigenvalue weighted by molar-refractivity contribution is -0.332. The van der Waals surface area contributed by atoms with Gasteiger partial charge in [0.05, 0.1) is 19.8 Å². The number of unbranched alkanes of at least 4 members (excludes halogenated alkanes) is 25. The molecule has 69 heavy (non-hydrogen) atoms. The van der Waals surface area contributed by atoms with Crippen molar-refractivity contribution in [3.05, 3.63) is 24.3 Å². The first-order valence-corrected chi connectivity index (χ1v) is 27.4. The Balaban J connectivity index is 1.76. The van der Waals surface area contributed by atoms with Crippen LogP contribution >= 0.6 is 0 Å². The normalized spacial score (nSPS) is 25.7. The van der Waals surface area contributed by atoms with Crippen molar-refractivity contribution < 1.29 is 73.8 Å². The van der Waals surface area contributed by atoms with E-state index < -0.39 is 92.7 Å². The SMILES string of the molecule is CCCCC/C=C\CCCCCCCC(=O)OCC(COC1OC(COC2OC(CO)C(O)C(O)C2O)C(O)C(O)C1O)OC(=O)CCCCCCCCCCC/C=C\CCCCCCCCCC. The number of esters is 2. The molecule has 0 aromatic carbocycles. The van der Waals surface area contributed by atoms with Gasteiger partial charge in [-0.1, -0.05) is 160 Å². The Bertz CT molecular complexity index is 1300. The average molecular weight is 987 g/mol. The number of carbonyl (C=O) groups excluding carboxylic acids is 2. The molecule has 0 spiro atoms. The van der Waals surface area contributed by atoms with Gasteiger partial charge in [0.25, 0.3) is 0 Å². The molecule has 2 saturated heterocycles. The van der Waals surface area contributed by atoms with Gasteiger partial charge in [0, 0.05) is 12.8 Å². The number of allylic oxidation sites excluding steroid dienone is 4. The zero-order valence-electron chi connectivity index (χ0n) is 42.8. The quantitative estimate of drug-likeness (QED) is 0.0173. The van der Waals surface area contributed by atoms with Gasteiger partial charge in [0.2, 0.25) is 0 Å². The molecule has 0 aliphatic carbocycles. The summed E-state index contributed by atoms with van der Waals surface area (Å²) in [6.45, 7) is 2.57. The van der Waals surface area contributed by atoms with Gasteiger partial charge in [-0.3, -0.25) is 9.59 Å². The van der Waals surface area contributed by atoms with Crippen molar-refractivity contribution in [1.82, 2.24) is 0 Å². The maximum Gasteiger partial charge on any atom is 0.306 e. The molecule has 0 saturated carbocycles. The first kappa shape index (κ1) is 63.1. The van der Waals surface area contributed by atoms with Gasteiger partial charge < -0.3 is 64.2 Å². The highest BCUT2D eigenvalue weighted by Crippen LogP contribution is 2.27. The highest BCUT2D eigenvalue weighted by molar-refractivity contribution is 5.70. The highest BCUT2D eigenvalue weighted by atomic mass is 16.7. The van der Waals surface area contributed by atoms with E-state index in [1.165, 1.54) is 109 Å². The number of carbonyl (C=O) groups is 2.